The SMILES string of the molecule is CO[C@@](C(=O)N1CCC(OC2CCN(c3ccc(C(=O)N(C)C)c(Cl)c3)CC2)CC1)(c1cc(Cl)cc(Cl)c1)C(F)F. The van der Waals surface area contributed by atoms with Gasteiger partial charge in [-0.2, -0.15) is 0 Å². The molecule has 41 heavy (non-hydrogen) atoms. The molecule has 2 heterocycles. The van der Waals surface area contributed by atoms with E-state index in [0.29, 0.717) is 23.4 Å². The molecule has 2 saturated heterocycles. The third kappa shape index (κ3) is 6.91. The molecule has 2 aliphatic heterocycles. The Morgan fingerprint density at radius 1 is 0.927 bits per heavy atom. The van der Waals surface area contributed by atoms with Gasteiger partial charge in [-0.1, -0.05) is 34.8 Å². The molecule has 0 N–H and O–H groups in total. The van der Waals surface area contributed by atoms with Crippen molar-refractivity contribution in [3.8, 4) is 0 Å². The molecule has 7 nitrogen and oxygen atoms in total. The summed E-state index contributed by atoms with van der Waals surface area (Å²) in [4.78, 5) is 30.8. The van der Waals surface area contributed by atoms with Crippen LogP contribution in [-0.4, -0.2) is 87.6 Å². The molecule has 0 radical (unpaired) electrons. The predicted molar refractivity (Wildman–Crippen MR) is 157 cm³/mol. The van der Waals surface area contributed by atoms with Crippen LogP contribution in [0.3, 0.4) is 0 Å². The Bertz CT molecular complexity index is 1230. The van der Waals surface area contributed by atoms with Crippen molar-refractivity contribution in [2.24, 2.45) is 0 Å². The molecule has 0 spiro atoms. The zero-order valence-electron chi connectivity index (χ0n) is 23.2. The number of methoxy groups -OCH3 is 1. The van der Waals surface area contributed by atoms with Crippen molar-refractivity contribution < 1.29 is 27.8 Å². The predicted octanol–water partition coefficient (Wildman–Crippen LogP) is 6.13. The van der Waals surface area contributed by atoms with E-state index in [1.807, 2.05) is 12.1 Å². The third-order valence-electron chi connectivity index (χ3n) is 7.75. The Kier molecular flexibility index (Phi) is 10.4. The maximum atomic E-state index is 14.4. The Morgan fingerprint density at radius 2 is 1.49 bits per heavy atom. The normalized spacial score (nSPS) is 18.5. The summed E-state index contributed by atoms with van der Waals surface area (Å²) in [6.45, 7) is 2.08. The second-order valence-electron chi connectivity index (χ2n) is 10.6. The van der Waals surface area contributed by atoms with Crippen LogP contribution in [0.2, 0.25) is 15.1 Å². The summed E-state index contributed by atoms with van der Waals surface area (Å²) in [5, 5.41) is 0.698. The summed E-state index contributed by atoms with van der Waals surface area (Å²) in [5.74, 6) is -0.963. The van der Waals surface area contributed by atoms with Gasteiger partial charge in [-0.15, -0.1) is 0 Å². The van der Waals surface area contributed by atoms with Crippen molar-refractivity contribution in [1.29, 1.82) is 0 Å². The van der Waals surface area contributed by atoms with Gasteiger partial charge in [-0.25, -0.2) is 8.78 Å². The number of benzene rings is 2. The van der Waals surface area contributed by atoms with Crippen molar-refractivity contribution in [1.82, 2.24) is 9.80 Å². The highest BCUT2D eigenvalue weighted by Crippen LogP contribution is 2.38. The van der Waals surface area contributed by atoms with E-state index in [4.69, 9.17) is 44.3 Å². The summed E-state index contributed by atoms with van der Waals surface area (Å²) in [6.07, 6.45) is -0.481. The summed E-state index contributed by atoms with van der Waals surface area (Å²) in [7, 11) is 4.46. The zero-order chi connectivity index (χ0) is 29.9. The first kappa shape index (κ1) is 31.8. The van der Waals surface area contributed by atoms with Crippen LogP contribution in [0.5, 0.6) is 0 Å². The number of rotatable bonds is 8. The van der Waals surface area contributed by atoms with E-state index in [9.17, 15) is 18.4 Å². The minimum absolute atomic E-state index is 0.0521. The second-order valence-corrected chi connectivity index (χ2v) is 11.9. The average molecular weight is 633 g/mol. The second kappa shape index (κ2) is 13.4. The van der Waals surface area contributed by atoms with Crippen molar-refractivity contribution in [2.45, 2.75) is 49.9 Å². The molecular weight excluding hydrogens is 599 g/mol. The quantitative estimate of drug-likeness (QED) is 0.350. The number of carbonyl (C=O) groups excluding carboxylic acids is 2. The fourth-order valence-corrected chi connectivity index (χ4v) is 6.25. The van der Waals surface area contributed by atoms with Gasteiger partial charge in [0.15, 0.2) is 0 Å². The highest BCUT2D eigenvalue weighted by atomic mass is 35.5. The number of likely N-dealkylation sites (tertiary alicyclic amines) is 1. The third-order valence-corrected chi connectivity index (χ3v) is 8.50. The topological polar surface area (TPSA) is 62.3 Å². The summed E-state index contributed by atoms with van der Waals surface area (Å²) < 4.78 is 40.5. The minimum Gasteiger partial charge on any atom is -0.375 e. The van der Waals surface area contributed by atoms with Crippen LogP contribution in [0.25, 0.3) is 0 Å². The Hall–Kier alpha value is -2.17. The van der Waals surface area contributed by atoms with Crippen molar-refractivity contribution in [3.05, 3.63) is 62.6 Å². The Labute approximate surface area is 254 Å². The van der Waals surface area contributed by atoms with E-state index >= 15 is 0 Å². The lowest BCUT2D eigenvalue weighted by molar-refractivity contribution is -0.181. The van der Waals surface area contributed by atoms with Gasteiger partial charge >= 0.3 is 0 Å². The Balaban J connectivity index is 1.32. The number of piperidine rings is 2. The highest BCUT2D eigenvalue weighted by molar-refractivity contribution is 6.35. The van der Waals surface area contributed by atoms with E-state index in [0.717, 1.165) is 38.7 Å². The maximum absolute atomic E-state index is 14.4. The summed E-state index contributed by atoms with van der Waals surface area (Å²) in [5.41, 5.74) is -1.16. The summed E-state index contributed by atoms with van der Waals surface area (Å²) in [6, 6.07) is 9.47. The van der Waals surface area contributed by atoms with E-state index in [-0.39, 0.29) is 46.8 Å². The number of amides is 2. The molecule has 12 heteroatoms. The number of hydrogen-bond donors (Lipinski definition) is 0. The lowest BCUT2D eigenvalue weighted by Gasteiger charge is -2.40. The lowest BCUT2D eigenvalue weighted by Crippen LogP contribution is -2.55. The standard InChI is InChI=1S/C29H34Cl3F2N3O4/c1-35(2)26(38)24-5-4-21(17-25(24)32)36-10-6-22(7-11-36)41-23-8-12-37(13-9-23)28(39)29(40-3,27(33)34)18-14-19(30)16-20(31)15-18/h4-5,14-17,22-23,27H,6-13H2,1-3H3/t29-/m0/s1. The van der Waals surface area contributed by atoms with E-state index in [1.54, 1.807) is 20.2 Å². The summed E-state index contributed by atoms with van der Waals surface area (Å²) >= 11 is 18.5. The van der Waals surface area contributed by atoms with Gasteiger partial charge in [0.2, 0.25) is 5.60 Å². The number of hydrogen-bond acceptors (Lipinski definition) is 5. The smallest absolute Gasteiger partial charge is 0.280 e. The first-order valence-electron chi connectivity index (χ1n) is 13.5. The lowest BCUT2D eigenvalue weighted by atomic mass is 9.91. The van der Waals surface area contributed by atoms with Crippen LogP contribution < -0.4 is 4.90 Å². The zero-order valence-corrected chi connectivity index (χ0v) is 25.5. The van der Waals surface area contributed by atoms with Gasteiger partial charge in [-0.05, 0) is 62.1 Å². The molecule has 0 aromatic heterocycles. The van der Waals surface area contributed by atoms with Gasteiger partial charge < -0.3 is 24.2 Å². The molecule has 0 aliphatic carbocycles. The van der Waals surface area contributed by atoms with Crippen LogP contribution in [-0.2, 0) is 19.9 Å². The van der Waals surface area contributed by atoms with Crippen molar-refractivity contribution >= 4 is 52.3 Å². The van der Waals surface area contributed by atoms with Gasteiger partial charge in [0.05, 0.1) is 22.8 Å². The fourth-order valence-electron chi connectivity index (χ4n) is 5.47. The molecule has 1 atom stereocenters. The number of halogens is 5. The fraction of sp³-hybridized carbons (Fsp3) is 0.517. The molecule has 2 amide bonds. The Morgan fingerprint density at radius 3 is 1.98 bits per heavy atom. The first-order valence-corrected chi connectivity index (χ1v) is 14.6. The highest BCUT2D eigenvalue weighted by Gasteiger charge is 2.52. The molecule has 0 saturated carbocycles. The van der Waals surface area contributed by atoms with Crippen LogP contribution in [0, 0.1) is 0 Å². The van der Waals surface area contributed by atoms with Crippen LogP contribution in [0.15, 0.2) is 36.4 Å². The van der Waals surface area contributed by atoms with E-state index < -0.39 is 17.9 Å². The van der Waals surface area contributed by atoms with Gasteiger partial charge in [0.1, 0.15) is 0 Å². The molecule has 2 aromatic rings. The number of alkyl halides is 2. The molecular formula is C29H34Cl3F2N3O4. The number of anilines is 1. The van der Waals surface area contributed by atoms with Gasteiger partial charge in [-0.3, -0.25) is 9.59 Å². The largest absolute Gasteiger partial charge is 0.375 e. The molecule has 0 unspecified atom stereocenters. The maximum Gasteiger partial charge on any atom is 0.280 e. The first-order chi connectivity index (χ1) is 19.5. The van der Waals surface area contributed by atoms with Crippen molar-refractivity contribution in [2.75, 3.05) is 52.3 Å². The number of nitrogens with zero attached hydrogens (tertiary/aromatic N) is 3. The monoisotopic (exact) mass is 631 g/mol. The number of ether oxygens (including phenoxy) is 2. The average Bonchev–Trinajstić information content (AvgIpc) is 2.93. The van der Waals surface area contributed by atoms with E-state index in [2.05, 4.69) is 4.90 Å². The van der Waals surface area contributed by atoms with Gasteiger partial charge in [0, 0.05) is 68.7 Å². The molecule has 0 bridgehead atoms. The van der Waals surface area contributed by atoms with Crippen LogP contribution in [0.4, 0.5) is 14.5 Å². The van der Waals surface area contributed by atoms with Crippen LogP contribution in [0.1, 0.15) is 41.6 Å². The molecule has 2 aliphatic rings. The molecule has 2 aromatic carbocycles. The van der Waals surface area contributed by atoms with Gasteiger partial charge in [0.25, 0.3) is 18.2 Å². The van der Waals surface area contributed by atoms with E-state index in [1.165, 1.54) is 28.0 Å². The molecule has 4 rings (SSSR count). The van der Waals surface area contributed by atoms with Crippen LogP contribution >= 0.6 is 34.8 Å². The minimum atomic E-state index is -3.13. The molecule has 2 fully saturated rings. The van der Waals surface area contributed by atoms with Crippen molar-refractivity contribution in [3.63, 3.8) is 0 Å². The molecule has 224 valence electrons. The number of carbonyl (C=O) groups is 2.